The first kappa shape index (κ1) is 17.9. The van der Waals surface area contributed by atoms with E-state index in [1.165, 1.54) is 12.1 Å². The topological polar surface area (TPSA) is 36.0 Å². The van der Waals surface area contributed by atoms with E-state index < -0.39 is 11.6 Å². The van der Waals surface area contributed by atoms with Crippen molar-refractivity contribution in [2.24, 2.45) is 0 Å². The molecule has 0 N–H and O–H groups in total. The van der Waals surface area contributed by atoms with Crippen molar-refractivity contribution in [2.75, 3.05) is 57.8 Å². The van der Waals surface area contributed by atoms with Gasteiger partial charge < -0.3 is 19.4 Å². The number of nitrogens with zero attached hydrogens (tertiary/aromatic N) is 3. The zero-order chi connectivity index (χ0) is 17.8. The van der Waals surface area contributed by atoms with E-state index in [4.69, 9.17) is 4.74 Å². The standard InChI is InChI=1S/C18H25F2N3O2/c1-21-7-9-23(10-8-21)18-15(19)11-14(12-16(18)20)25-13-17(24)22-5-3-2-4-6-22/h11-12H,2-10,13H2,1H3. The second-order valence-corrected chi connectivity index (χ2v) is 6.76. The molecule has 2 saturated heterocycles. The molecule has 0 bridgehead atoms. The average molecular weight is 353 g/mol. The van der Waals surface area contributed by atoms with Crippen molar-refractivity contribution in [2.45, 2.75) is 19.3 Å². The summed E-state index contributed by atoms with van der Waals surface area (Å²) in [5.41, 5.74) is -0.0113. The van der Waals surface area contributed by atoms with Gasteiger partial charge in [-0.2, -0.15) is 0 Å². The van der Waals surface area contributed by atoms with Gasteiger partial charge in [0, 0.05) is 51.4 Å². The summed E-state index contributed by atoms with van der Waals surface area (Å²) in [6.07, 6.45) is 3.12. The molecule has 0 unspecified atom stereocenters. The molecular weight excluding hydrogens is 328 g/mol. The number of hydrogen-bond donors (Lipinski definition) is 0. The van der Waals surface area contributed by atoms with Gasteiger partial charge in [-0.3, -0.25) is 4.79 Å². The van der Waals surface area contributed by atoms with Crippen molar-refractivity contribution in [3.63, 3.8) is 0 Å². The van der Waals surface area contributed by atoms with Gasteiger partial charge in [-0.25, -0.2) is 8.78 Å². The lowest BCUT2D eigenvalue weighted by Gasteiger charge is -2.34. The third-order valence-corrected chi connectivity index (χ3v) is 4.88. The van der Waals surface area contributed by atoms with Gasteiger partial charge in [0.1, 0.15) is 11.4 Å². The minimum absolute atomic E-state index is 0.0113. The Morgan fingerprint density at radius 2 is 1.60 bits per heavy atom. The number of anilines is 1. The van der Waals surface area contributed by atoms with Gasteiger partial charge in [-0.1, -0.05) is 0 Å². The Hall–Kier alpha value is -1.89. The molecule has 2 aliphatic rings. The number of ether oxygens (including phenoxy) is 1. The van der Waals surface area contributed by atoms with Crippen molar-refractivity contribution in [3.05, 3.63) is 23.8 Å². The van der Waals surface area contributed by atoms with E-state index in [-0.39, 0.29) is 24.0 Å². The first-order valence-corrected chi connectivity index (χ1v) is 8.87. The van der Waals surface area contributed by atoms with E-state index in [0.717, 1.165) is 45.4 Å². The molecule has 0 saturated carbocycles. The third kappa shape index (κ3) is 4.39. The Morgan fingerprint density at radius 3 is 2.20 bits per heavy atom. The van der Waals surface area contributed by atoms with E-state index >= 15 is 0 Å². The number of likely N-dealkylation sites (N-methyl/N-ethyl adjacent to an activating group) is 1. The van der Waals surface area contributed by atoms with Crippen LogP contribution in [0.15, 0.2) is 12.1 Å². The fraction of sp³-hybridized carbons (Fsp3) is 0.611. The number of carbonyl (C=O) groups excluding carboxylic acids is 1. The minimum Gasteiger partial charge on any atom is -0.484 e. The molecule has 2 fully saturated rings. The van der Waals surface area contributed by atoms with Crippen LogP contribution in [0.3, 0.4) is 0 Å². The Bertz CT molecular complexity index is 589. The molecule has 7 heteroatoms. The molecule has 25 heavy (non-hydrogen) atoms. The molecule has 5 nitrogen and oxygen atoms in total. The first-order chi connectivity index (χ1) is 12.0. The lowest BCUT2D eigenvalue weighted by molar-refractivity contribution is -0.134. The third-order valence-electron chi connectivity index (χ3n) is 4.88. The number of rotatable bonds is 4. The fourth-order valence-electron chi connectivity index (χ4n) is 3.34. The zero-order valence-electron chi connectivity index (χ0n) is 14.6. The van der Waals surface area contributed by atoms with Crippen molar-refractivity contribution >= 4 is 11.6 Å². The van der Waals surface area contributed by atoms with E-state index in [2.05, 4.69) is 4.90 Å². The molecule has 0 radical (unpaired) electrons. The summed E-state index contributed by atoms with van der Waals surface area (Å²) in [4.78, 5) is 17.7. The summed E-state index contributed by atoms with van der Waals surface area (Å²) in [5.74, 6) is -1.38. The number of likely N-dealkylation sites (tertiary alicyclic amines) is 1. The quantitative estimate of drug-likeness (QED) is 0.831. The largest absolute Gasteiger partial charge is 0.484 e. The van der Waals surface area contributed by atoms with Gasteiger partial charge in [0.05, 0.1) is 0 Å². The predicted molar refractivity (Wildman–Crippen MR) is 92.0 cm³/mol. The van der Waals surface area contributed by atoms with Crippen LogP contribution in [-0.2, 0) is 4.79 Å². The van der Waals surface area contributed by atoms with Gasteiger partial charge >= 0.3 is 0 Å². The normalized spacial score (nSPS) is 19.2. The van der Waals surface area contributed by atoms with Crippen LogP contribution in [-0.4, -0.2) is 68.6 Å². The van der Waals surface area contributed by atoms with Crippen LogP contribution < -0.4 is 9.64 Å². The smallest absolute Gasteiger partial charge is 0.260 e. The highest BCUT2D eigenvalue weighted by molar-refractivity contribution is 5.77. The highest BCUT2D eigenvalue weighted by atomic mass is 19.1. The second-order valence-electron chi connectivity index (χ2n) is 6.76. The van der Waals surface area contributed by atoms with Gasteiger partial charge in [0.15, 0.2) is 18.2 Å². The number of piperazine rings is 1. The molecule has 0 aromatic heterocycles. The maximum absolute atomic E-state index is 14.4. The minimum atomic E-state index is -0.648. The molecule has 0 aliphatic carbocycles. The monoisotopic (exact) mass is 353 g/mol. The van der Waals surface area contributed by atoms with Crippen LogP contribution >= 0.6 is 0 Å². The number of amides is 1. The van der Waals surface area contributed by atoms with Crippen molar-refractivity contribution in [1.29, 1.82) is 0 Å². The van der Waals surface area contributed by atoms with Gasteiger partial charge in [0.25, 0.3) is 5.91 Å². The van der Waals surface area contributed by atoms with Crippen molar-refractivity contribution in [1.82, 2.24) is 9.80 Å². The maximum Gasteiger partial charge on any atom is 0.260 e. The Kier molecular flexibility index (Phi) is 5.73. The molecule has 2 aliphatic heterocycles. The number of hydrogen-bond acceptors (Lipinski definition) is 4. The molecule has 138 valence electrons. The number of carbonyl (C=O) groups is 1. The summed E-state index contributed by atoms with van der Waals surface area (Å²) in [7, 11) is 1.99. The SMILES string of the molecule is CN1CCN(c2c(F)cc(OCC(=O)N3CCCCC3)cc2F)CC1. The number of benzene rings is 1. The fourth-order valence-corrected chi connectivity index (χ4v) is 3.34. The van der Waals surface area contributed by atoms with E-state index in [1.54, 1.807) is 9.80 Å². The van der Waals surface area contributed by atoms with Crippen LogP contribution in [0.5, 0.6) is 5.75 Å². The molecule has 3 rings (SSSR count). The molecule has 1 aromatic rings. The number of piperidine rings is 1. The van der Waals surface area contributed by atoms with Crippen molar-refractivity contribution in [3.8, 4) is 5.75 Å². The Balaban J connectivity index is 1.62. The van der Waals surface area contributed by atoms with E-state index in [1.807, 2.05) is 7.05 Å². The average Bonchev–Trinajstić information content (AvgIpc) is 2.61. The molecule has 2 heterocycles. The summed E-state index contributed by atoms with van der Waals surface area (Å²) in [6, 6.07) is 2.33. The first-order valence-electron chi connectivity index (χ1n) is 8.87. The van der Waals surface area contributed by atoms with Crippen LogP contribution in [0.2, 0.25) is 0 Å². The molecule has 1 amide bonds. The van der Waals surface area contributed by atoms with Crippen LogP contribution in [0.1, 0.15) is 19.3 Å². The van der Waals surface area contributed by atoms with Gasteiger partial charge in [-0.05, 0) is 26.3 Å². The lowest BCUT2D eigenvalue weighted by Crippen LogP contribution is -2.45. The molecule has 0 atom stereocenters. The summed E-state index contributed by atoms with van der Waals surface area (Å²) in [6.45, 7) is 3.96. The summed E-state index contributed by atoms with van der Waals surface area (Å²) < 4.78 is 34.1. The molecule has 1 aromatic carbocycles. The highest BCUT2D eigenvalue weighted by Crippen LogP contribution is 2.29. The summed E-state index contributed by atoms with van der Waals surface area (Å²) >= 11 is 0. The van der Waals surface area contributed by atoms with Crippen LogP contribution in [0.4, 0.5) is 14.5 Å². The van der Waals surface area contributed by atoms with Gasteiger partial charge in [-0.15, -0.1) is 0 Å². The van der Waals surface area contributed by atoms with E-state index in [0.29, 0.717) is 13.1 Å². The highest BCUT2D eigenvalue weighted by Gasteiger charge is 2.23. The van der Waals surface area contributed by atoms with E-state index in [9.17, 15) is 13.6 Å². The van der Waals surface area contributed by atoms with Gasteiger partial charge in [0.2, 0.25) is 0 Å². The van der Waals surface area contributed by atoms with Crippen LogP contribution in [0, 0.1) is 11.6 Å². The Morgan fingerprint density at radius 1 is 1.00 bits per heavy atom. The lowest BCUT2D eigenvalue weighted by atomic mass is 10.1. The van der Waals surface area contributed by atoms with Crippen LogP contribution in [0.25, 0.3) is 0 Å². The number of halogens is 2. The predicted octanol–water partition coefficient (Wildman–Crippen LogP) is 2.11. The molecular formula is C18H25F2N3O2. The second kappa shape index (κ2) is 7.99. The zero-order valence-corrected chi connectivity index (χ0v) is 14.6. The Labute approximate surface area is 147 Å². The molecule has 0 spiro atoms. The van der Waals surface area contributed by atoms with Crippen molar-refractivity contribution < 1.29 is 18.3 Å². The maximum atomic E-state index is 14.4. The summed E-state index contributed by atoms with van der Waals surface area (Å²) in [5, 5.41) is 0.